The number of hydrazine groups is 1. The summed E-state index contributed by atoms with van der Waals surface area (Å²) in [7, 11) is 0. The van der Waals surface area contributed by atoms with Crippen LogP contribution in [0.5, 0.6) is 0 Å². The molecule has 0 bridgehead atoms. The summed E-state index contributed by atoms with van der Waals surface area (Å²) in [5.74, 6) is 0. The predicted molar refractivity (Wildman–Crippen MR) is 244 cm³/mol. The van der Waals surface area contributed by atoms with E-state index in [1.807, 2.05) is 0 Å². The molecule has 2 unspecified atom stereocenters. The first-order valence-electron chi connectivity index (χ1n) is 25.6. The Balaban J connectivity index is 4.56. The molecule has 0 saturated heterocycles. The fraction of sp³-hybridized carbons (Fsp3) is 1.00. The minimum Gasteiger partial charge on any atom is -0.395 e. The highest BCUT2D eigenvalue weighted by Gasteiger charge is 2.21. The van der Waals surface area contributed by atoms with Crippen LogP contribution < -0.4 is 0 Å². The summed E-state index contributed by atoms with van der Waals surface area (Å²) in [6, 6.07) is 0. The third-order valence-electron chi connectivity index (χ3n) is 12.2. The van der Waals surface area contributed by atoms with Gasteiger partial charge in [-0.3, -0.25) is 0 Å². The van der Waals surface area contributed by atoms with Crippen LogP contribution in [0.3, 0.4) is 0 Å². The van der Waals surface area contributed by atoms with E-state index in [4.69, 9.17) is 0 Å². The van der Waals surface area contributed by atoms with E-state index in [0.29, 0.717) is 19.6 Å². The van der Waals surface area contributed by atoms with Crippen molar-refractivity contribution in [2.24, 2.45) is 0 Å². The Morgan fingerprint density at radius 1 is 0.291 bits per heavy atom. The molecule has 0 heterocycles. The van der Waals surface area contributed by atoms with E-state index >= 15 is 0 Å². The molecule has 0 aromatic carbocycles. The molecule has 0 saturated carbocycles. The van der Waals surface area contributed by atoms with Crippen molar-refractivity contribution < 1.29 is 15.3 Å². The van der Waals surface area contributed by atoms with Crippen LogP contribution in [0, 0.1) is 0 Å². The van der Waals surface area contributed by atoms with Crippen LogP contribution in [-0.2, 0) is 0 Å². The van der Waals surface area contributed by atoms with Crippen LogP contribution in [0.1, 0.15) is 278 Å². The lowest BCUT2D eigenvalue weighted by molar-refractivity contribution is -0.0840. The number of aliphatic hydroxyl groups is 3. The Morgan fingerprint density at radius 2 is 0.509 bits per heavy atom. The van der Waals surface area contributed by atoms with E-state index in [2.05, 4.69) is 30.8 Å². The van der Waals surface area contributed by atoms with E-state index in [1.165, 1.54) is 225 Å². The normalized spacial score (nSPS) is 13.1. The summed E-state index contributed by atoms with van der Waals surface area (Å²) in [4.78, 5) is 0. The van der Waals surface area contributed by atoms with Gasteiger partial charge in [0.25, 0.3) is 0 Å². The van der Waals surface area contributed by atoms with Crippen molar-refractivity contribution in [1.29, 1.82) is 0 Å². The number of nitrogens with zero attached hydrogens (tertiary/aromatic N) is 2. The van der Waals surface area contributed by atoms with Gasteiger partial charge in [-0.2, -0.15) is 0 Å². The summed E-state index contributed by atoms with van der Waals surface area (Å²) >= 11 is 0. The number of hydrogen-bond donors (Lipinski definition) is 3. The zero-order valence-electron chi connectivity index (χ0n) is 38.2. The molecule has 0 aromatic rings. The predicted octanol–water partition coefficient (Wildman–Crippen LogP) is 14.9. The van der Waals surface area contributed by atoms with Crippen molar-refractivity contribution in [3.8, 4) is 0 Å². The molecular formula is C50H104N2O3. The van der Waals surface area contributed by atoms with E-state index in [0.717, 1.165) is 38.6 Å². The van der Waals surface area contributed by atoms with Crippen LogP contribution in [0.2, 0.25) is 0 Å². The average Bonchev–Trinajstić information content (AvgIpc) is 3.18. The third kappa shape index (κ3) is 41.8. The van der Waals surface area contributed by atoms with Gasteiger partial charge in [-0.15, -0.1) is 0 Å². The monoisotopic (exact) mass is 781 g/mol. The molecule has 5 heteroatoms. The Bertz CT molecular complexity index is 694. The van der Waals surface area contributed by atoms with Gasteiger partial charge in [-0.25, -0.2) is 10.0 Å². The van der Waals surface area contributed by atoms with Gasteiger partial charge in [0.1, 0.15) is 0 Å². The lowest BCUT2D eigenvalue weighted by Gasteiger charge is -2.37. The molecule has 0 radical (unpaired) electrons. The number of hydrogen-bond acceptors (Lipinski definition) is 5. The number of aliphatic hydroxyl groups excluding tert-OH is 3. The summed E-state index contributed by atoms with van der Waals surface area (Å²) in [5.41, 5.74) is 0. The van der Waals surface area contributed by atoms with E-state index in [1.54, 1.807) is 0 Å². The molecule has 2 atom stereocenters. The van der Waals surface area contributed by atoms with E-state index in [-0.39, 0.29) is 18.8 Å². The molecule has 0 spiro atoms. The first-order chi connectivity index (χ1) is 27.1. The first kappa shape index (κ1) is 54.8. The third-order valence-corrected chi connectivity index (χ3v) is 12.2. The van der Waals surface area contributed by atoms with Crippen LogP contribution in [0.15, 0.2) is 0 Å². The molecule has 0 rings (SSSR count). The summed E-state index contributed by atoms with van der Waals surface area (Å²) in [5, 5.41) is 36.8. The molecule has 55 heavy (non-hydrogen) atoms. The minimum absolute atomic E-state index is 0.0788. The van der Waals surface area contributed by atoms with Crippen molar-refractivity contribution >= 4 is 0 Å². The van der Waals surface area contributed by atoms with Crippen LogP contribution in [-0.4, -0.2) is 70.3 Å². The van der Waals surface area contributed by atoms with Crippen molar-refractivity contribution in [3.05, 3.63) is 0 Å². The quantitative estimate of drug-likeness (QED) is 0.0424. The highest BCUT2D eigenvalue weighted by atomic mass is 16.3. The SMILES string of the molecule is CCCCCCCCCCCCCCCCN(CC(O)CCCCCCCCCCCCCC)N(CCO)CC(O)CCCCCCCCCCCCCC. The largest absolute Gasteiger partial charge is 0.395 e. The molecule has 3 N–H and O–H groups in total. The molecule has 5 nitrogen and oxygen atoms in total. The standard InChI is InChI=1S/C50H104N2O3/c1-4-7-10-13-16-19-22-25-26-29-32-35-38-41-44-51(47-49(54)42-39-36-33-30-27-23-20-17-14-11-8-5-2)52(45-46-53)48-50(55)43-40-37-34-31-28-24-21-18-15-12-9-6-3/h49-50,53-55H,4-48H2,1-3H3. The molecule has 0 aliphatic rings. The van der Waals surface area contributed by atoms with Gasteiger partial charge in [-0.05, 0) is 19.3 Å². The minimum atomic E-state index is -0.387. The lowest BCUT2D eigenvalue weighted by atomic mass is 10.0. The zero-order chi connectivity index (χ0) is 40.1. The molecule has 0 aliphatic heterocycles. The average molecular weight is 781 g/mol. The van der Waals surface area contributed by atoms with Crippen molar-refractivity contribution in [2.75, 3.05) is 32.8 Å². The maximum atomic E-state index is 11.2. The highest BCUT2D eigenvalue weighted by molar-refractivity contribution is 4.70. The van der Waals surface area contributed by atoms with Crippen LogP contribution in [0.25, 0.3) is 0 Å². The Kier molecular flexibility index (Phi) is 46.3. The Labute approximate surface area is 346 Å². The van der Waals surface area contributed by atoms with Crippen molar-refractivity contribution in [3.63, 3.8) is 0 Å². The maximum absolute atomic E-state index is 11.2. The Morgan fingerprint density at radius 3 is 0.764 bits per heavy atom. The second kappa shape index (κ2) is 46.5. The van der Waals surface area contributed by atoms with Gasteiger partial charge in [-0.1, -0.05) is 258 Å². The van der Waals surface area contributed by atoms with E-state index < -0.39 is 0 Å². The smallest absolute Gasteiger partial charge is 0.0681 e. The number of unbranched alkanes of at least 4 members (excludes halogenated alkanes) is 35. The van der Waals surface area contributed by atoms with E-state index in [9.17, 15) is 15.3 Å². The van der Waals surface area contributed by atoms with Gasteiger partial charge < -0.3 is 15.3 Å². The maximum Gasteiger partial charge on any atom is 0.0681 e. The lowest BCUT2D eigenvalue weighted by Crippen LogP contribution is -2.50. The van der Waals surface area contributed by atoms with Gasteiger partial charge in [0.15, 0.2) is 0 Å². The molecule has 0 aromatic heterocycles. The molecule has 0 aliphatic carbocycles. The second-order valence-electron chi connectivity index (χ2n) is 17.8. The second-order valence-corrected chi connectivity index (χ2v) is 17.8. The molecule has 332 valence electrons. The summed E-state index contributed by atoms with van der Waals surface area (Å²) in [6.45, 7) is 9.54. The Hall–Kier alpha value is -0.200. The van der Waals surface area contributed by atoms with Gasteiger partial charge in [0, 0.05) is 26.2 Å². The van der Waals surface area contributed by atoms with Gasteiger partial charge in [0.05, 0.1) is 18.8 Å². The summed E-state index contributed by atoms with van der Waals surface area (Å²) in [6.07, 6.45) is 51.8. The fourth-order valence-electron chi connectivity index (χ4n) is 8.41. The molecule has 0 amide bonds. The highest BCUT2D eigenvalue weighted by Crippen LogP contribution is 2.18. The topological polar surface area (TPSA) is 67.2 Å². The van der Waals surface area contributed by atoms with Gasteiger partial charge in [0.2, 0.25) is 0 Å². The van der Waals surface area contributed by atoms with Crippen molar-refractivity contribution in [2.45, 2.75) is 290 Å². The first-order valence-corrected chi connectivity index (χ1v) is 25.6. The van der Waals surface area contributed by atoms with Crippen LogP contribution >= 0.6 is 0 Å². The molecular weight excluding hydrogens is 677 g/mol. The number of rotatable bonds is 48. The summed E-state index contributed by atoms with van der Waals surface area (Å²) < 4.78 is 0. The zero-order valence-corrected chi connectivity index (χ0v) is 38.2. The van der Waals surface area contributed by atoms with Gasteiger partial charge >= 0.3 is 0 Å². The van der Waals surface area contributed by atoms with Crippen LogP contribution in [0.4, 0.5) is 0 Å². The van der Waals surface area contributed by atoms with Crippen molar-refractivity contribution in [1.82, 2.24) is 10.0 Å². The fourth-order valence-corrected chi connectivity index (χ4v) is 8.41. The molecule has 0 fully saturated rings.